The quantitative estimate of drug-likeness (QED) is 0.599. The number of nitro groups is 1. The molecule has 8 heteroatoms. The predicted molar refractivity (Wildman–Crippen MR) is 82.5 cm³/mol. The van der Waals surface area contributed by atoms with Gasteiger partial charge in [-0.1, -0.05) is 0 Å². The molecular formula is C15H18N2O5S. The molecule has 7 nitrogen and oxygen atoms in total. The lowest BCUT2D eigenvalue weighted by molar-refractivity contribution is -0.384. The molecule has 0 saturated heterocycles. The Bertz CT molecular complexity index is 725. The van der Waals surface area contributed by atoms with Gasteiger partial charge in [0.2, 0.25) is 5.91 Å². The molecule has 2 atom stereocenters. The summed E-state index contributed by atoms with van der Waals surface area (Å²) in [6.07, 6.45) is 3.34. The standard InChI is InChI=1S/C15H18N2O5S/c18-15(14-9-13(14)10-1-2-10)16-7-8-23(21,22)12-5-3-11(4-6-12)17(19)20/h3-6,10,13-14H,1-2,7-9H2,(H,16,18)/t13-,14+/m1/s1. The molecule has 0 aliphatic heterocycles. The Labute approximate surface area is 134 Å². The van der Waals surface area contributed by atoms with E-state index in [2.05, 4.69) is 5.32 Å². The van der Waals surface area contributed by atoms with Gasteiger partial charge in [-0.3, -0.25) is 14.9 Å². The van der Waals surface area contributed by atoms with E-state index < -0.39 is 14.8 Å². The van der Waals surface area contributed by atoms with Gasteiger partial charge in [0.15, 0.2) is 9.84 Å². The van der Waals surface area contributed by atoms with E-state index >= 15 is 0 Å². The number of non-ortho nitro benzene ring substituents is 1. The highest BCUT2D eigenvalue weighted by Gasteiger charge is 2.50. The van der Waals surface area contributed by atoms with Gasteiger partial charge in [-0.05, 0) is 43.2 Å². The van der Waals surface area contributed by atoms with Gasteiger partial charge in [0.05, 0.1) is 15.6 Å². The maximum atomic E-state index is 12.1. The van der Waals surface area contributed by atoms with Gasteiger partial charge in [-0.15, -0.1) is 0 Å². The zero-order chi connectivity index (χ0) is 16.6. The number of amides is 1. The minimum absolute atomic E-state index is 0.0274. The Morgan fingerprint density at radius 3 is 2.48 bits per heavy atom. The number of carbonyl (C=O) groups is 1. The van der Waals surface area contributed by atoms with Gasteiger partial charge >= 0.3 is 0 Å². The average Bonchev–Trinajstić information content (AvgIpc) is 3.38. The molecule has 0 bridgehead atoms. The summed E-state index contributed by atoms with van der Waals surface area (Å²) in [6.45, 7) is 0.0615. The summed E-state index contributed by atoms with van der Waals surface area (Å²) in [4.78, 5) is 21.9. The highest BCUT2D eigenvalue weighted by molar-refractivity contribution is 7.91. The normalized spacial score (nSPS) is 23.3. The molecule has 1 aromatic carbocycles. The Morgan fingerprint density at radius 2 is 1.91 bits per heavy atom. The van der Waals surface area contributed by atoms with Crippen molar-refractivity contribution in [2.75, 3.05) is 12.3 Å². The summed E-state index contributed by atoms with van der Waals surface area (Å²) in [5.41, 5.74) is -0.155. The van der Waals surface area contributed by atoms with Crippen LogP contribution in [0.5, 0.6) is 0 Å². The van der Waals surface area contributed by atoms with Crippen LogP contribution in [0.1, 0.15) is 19.3 Å². The molecule has 2 saturated carbocycles. The van der Waals surface area contributed by atoms with Crippen molar-refractivity contribution in [3.8, 4) is 0 Å². The van der Waals surface area contributed by atoms with Crippen LogP contribution in [-0.2, 0) is 14.6 Å². The number of nitrogens with one attached hydrogen (secondary N) is 1. The fraction of sp³-hybridized carbons (Fsp3) is 0.533. The molecule has 0 spiro atoms. The second-order valence-electron chi connectivity index (χ2n) is 6.20. The van der Waals surface area contributed by atoms with Gasteiger partial charge in [-0.2, -0.15) is 0 Å². The smallest absolute Gasteiger partial charge is 0.269 e. The molecule has 1 aromatic rings. The molecule has 2 fully saturated rings. The highest BCUT2D eigenvalue weighted by Crippen LogP contribution is 2.54. The zero-order valence-corrected chi connectivity index (χ0v) is 13.3. The monoisotopic (exact) mass is 338 g/mol. The Kier molecular flexibility index (Phi) is 4.09. The van der Waals surface area contributed by atoms with Crippen molar-refractivity contribution in [3.05, 3.63) is 34.4 Å². The van der Waals surface area contributed by atoms with Gasteiger partial charge in [0, 0.05) is 24.6 Å². The second-order valence-corrected chi connectivity index (χ2v) is 8.31. The van der Waals surface area contributed by atoms with Crippen LogP contribution in [0.3, 0.4) is 0 Å². The van der Waals surface area contributed by atoms with E-state index in [-0.39, 0.29) is 34.7 Å². The van der Waals surface area contributed by atoms with E-state index in [1.807, 2.05) is 0 Å². The van der Waals surface area contributed by atoms with Gasteiger partial charge in [0.1, 0.15) is 0 Å². The van der Waals surface area contributed by atoms with Gasteiger partial charge in [-0.25, -0.2) is 8.42 Å². The van der Waals surface area contributed by atoms with Crippen molar-refractivity contribution in [3.63, 3.8) is 0 Å². The molecule has 2 aliphatic rings. The first-order chi connectivity index (χ1) is 10.9. The van der Waals surface area contributed by atoms with Crippen LogP contribution in [0.25, 0.3) is 0 Å². The summed E-state index contributed by atoms with van der Waals surface area (Å²) >= 11 is 0. The lowest BCUT2D eigenvalue weighted by Crippen LogP contribution is -2.30. The molecular weight excluding hydrogens is 320 g/mol. The SMILES string of the molecule is O=C(NCCS(=O)(=O)c1ccc([N+](=O)[O-])cc1)[C@H]1C[C@@H]1C1CC1. The maximum Gasteiger partial charge on any atom is 0.269 e. The van der Waals surface area contributed by atoms with Gasteiger partial charge in [0.25, 0.3) is 5.69 Å². The number of nitro benzene ring substituents is 1. The van der Waals surface area contributed by atoms with Crippen LogP contribution in [0, 0.1) is 27.9 Å². The largest absolute Gasteiger partial charge is 0.355 e. The molecule has 0 radical (unpaired) electrons. The first kappa shape index (κ1) is 15.9. The lowest BCUT2D eigenvalue weighted by Gasteiger charge is -2.06. The Balaban J connectivity index is 1.50. The third-order valence-electron chi connectivity index (χ3n) is 4.48. The minimum atomic E-state index is -3.56. The number of sulfone groups is 1. The summed E-state index contributed by atoms with van der Waals surface area (Å²) in [5.74, 6) is 0.999. The summed E-state index contributed by atoms with van der Waals surface area (Å²) in [7, 11) is -3.56. The number of carbonyl (C=O) groups excluding carboxylic acids is 1. The molecule has 124 valence electrons. The number of rotatable bonds is 7. The first-order valence-electron chi connectivity index (χ1n) is 7.63. The van der Waals surface area contributed by atoms with Crippen molar-refractivity contribution >= 4 is 21.4 Å². The molecule has 0 aromatic heterocycles. The summed E-state index contributed by atoms with van der Waals surface area (Å²) in [5, 5.41) is 13.3. The van der Waals surface area contributed by atoms with E-state index in [1.165, 1.54) is 25.0 Å². The van der Waals surface area contributed by atoms with E-state index in [1.54, 1.807) is 0 Å². The molecule has 1 N–H and O–H groups in total. The Morgan fingerprint density at radius 1 is 1.26 bits per heavy atom. The minimum Gasteiger partial charge on any atom is -0.355 e. The molecule has 23 heavy (non-hydrogen) atoms. The predicted octanol–water partition coefficient (Wildman–Crippen LogP) is 1.53. The number of benzene rings is 1. The molecule has 2 aliphatic carbocycles. The fourth-order valence-electron chi connectivity index (χ4n) is 2.89. The van der Waals surface area contributed by atoms with Crippen LogP contribution in [-0.4, -0.2) is 31.5 Å². The van der Waals surface area contributed by atoms with Crippen molar-refractivity contribution in [2.24, 2.45) is 17.8 Å². The van der Waals surface area contributed by atoms with Crippen molar-refractivity contribution in [1.29, 1.82) is 0 Å². The Hall–Kier alpha value is -1.96. The first-order valence-corrected chi connectivity index (χ1v) is 9.28. The van der Waals surface area contributed by atoms with Crippen LogP contribution in [0.15, 0.2) is 29.2 Å². The van der Waals surface area contributed by atoms with Crippen LogP contribution < -0.4 is 5.32 Å². The second kappa shape index (κ2) is 5.92. The molecule has 3 rings (SSSR count). The fourth-order valence-corrected chi connectivity index (χ4v) is 4.05. The van der Waals surface area contributed by atoms with E-state index in [0.29, 0.717) is 11.8 Å². The van der Waals surface area contributed by atoms with Crippen LogP contribution in [0.2, 0.25) is 0 Å². The third-order valence-corrected chi connectivity index (χ3v) is 6.21. The van der Waals surface area contributed by atoms with E-state index in [9.17, 15) is 23.3 Å². The van der Waals surface area contributed by atoms with Gasteiger partial charge < -0.3 is 5.32 Å². The third kappa shape index (κ3) is 3.69. The number of nitrogens with zero attached hydrogens (tertiary/aromatic N) is 1. The molecule has 0 unspecified atom stereocenters. The number of hydrogen-bond donors (Lipinski definition) is 1. The lowest BCUT2D eigenvalue weighted by atomic mass is 10.2. The van der Waals surface area contributed by atoms with Crippen molar-refractivity contribution in [2.45, 2.75) is 24.2 Å². The number of hydrogen-bond acceptors (Lipinski definition) is 5. The molecule has 0 heterocycles. The van der Waals surface area contributed by atoms with Crippen LogP contribution >= 0.6 is 0 Å². The van der Waals surface area contributed by atoms with Crippen molar-refractivity contribution in [1.82, 2.24) is 5.32 Å². The topological polar surface area (TPSA) is 106 Å². The zero-order valence-electron chi connectivity index (χ0n) is 12.5. The van der Waals surface area contributed by atoms with Crippen LogP contribution in [0.4, 0.5) is 5.69 Å². The summed E-state index contributed by atoms with van der Waals surface area (Å²) in [6, 6.07) is 4.77. The average molecular weight is 338 g/mol. The van der Waals surface area contributed by atoms with E-state index in [4.69, 9.17) is 0 Å². The maximum absolute atomic E-state index is 12.1. The molecule has 1 amide bonds. The van der Waals surface area contributed by atoms with E-state index in [0.717, 1.165) is 18.6 Å². The summed E-state index contributed by atoms with van der Waals surface area (Å²) < 4.78 is 24.3. The van der Waals surface area contributed by atoms with Crippen molar-refractivity contribution < 1.29 is 18.1 Å². The highest BCUT2D eigenvalue weighted by atomic mass is 32.2.